The summed E-state index contributed by atoms with van der Waals surface area (Å²) in [6.45, 7) is 5.24. The molecule has 3 amide bonds. The maximum absolute atomic E-state index is 12.6. The molecule has 2 aliphatic rings. The summed E-state index contributed by atoms with van der Waals surface area (Å²) in [4.78, 5) is 27.0. The monoisotopic (exact) mass is 378 g/mol. The predicted molar refractivity (Wildman–Crippen MR) is 111 cm³/mol. The van der Waals surface area contributed by atoms with Gasteiger partial charge in [-0.05, 0) is 43.2 Å². The number of hydrogen-bond acceptors (Lipinski definition) is 3. The van der Waals surface area contributed by atoms with Gasteiger partial charge in [-0.15, -0.1) is 0 Å². The molecule has 1 saturated heterocycles. The molecule has 0 aromatic heterocycles. The maximum Gasteiger partial charge on any atom is 0.321 e. The lowest BCUT2D eigenvalue weighted by molar-refractivity contribution is 0.0852. The second kappa shape index (κ2) is 7.19. The van der Waals surface area contributed by atoms with E-state index in [1.807, 2.05) is 49.4 Å². The molecule has 1 spiro atoms. The highest BCUT2D eigenvalue weighted by atomic mass is 16.2. The smallest absolute Gasteiger partial charge is 0.321 e. The van der Waals surface area contributed by atoms with E-state index in [1.165, 1.54) is 5.56 Å². The topological polar surface area (TPSA) is 73.5 Å². The van der Waals surface area contributed by atoms with Gasteiger partial charge in [0, 0.05) is 37.3 Å². The first-order valence-electron chi connectivity index (χ1n) is 9.84. The molecule has 146 valence electrons. The lowest BCUT2D eigenvalue weighted by atomic mass is 9.92. The normalized spacial score (nSPS) is 17.5. The molecule has 4 rings (SSSR count). The lowest BCUT2D eigenvalue weighted by Crippen LogP contribution is -2.63. The summed E-state index contributed by atoms with van der Waals surface area (Å²) < 4.78 is 0. The highest BCUT2D eigenvalue weighted by molar-refractivity contribution is 6.02. The number of carbonyl (C=O) groups is 2. The standard InChI is InChI=1S/C22H26N4O2/c1-3-16-5-7-17(8-6-16)23-21(28)26-12-10-22(11-13-26)24-19-9-4-15(2)14-18(19)20(27)25-22/h4-9,14,24H,3,10-13H2,1-2H3,(H,23,28)(H,25,27). The molecule has 0 unspecified atom stereocenters. The summed E-state index contributed by atoms with van der Waals surface area (Å²) in [5.41, 5.74) is 4.16. The molecule has 0 aliphatic carbocycles. The molecular weight excluding hydrogens is 352 g/mol. The third-order valence-electron chi connectivity index (χ3n) is 5.66. The minimum absolute atomic E-state index is 0.0497. The molecule has 0 radical (unpaired) electrons. The van der Waals surface area contributed by atoms with Crippen LogP contribution in [-0.2, 0) is 6.42 Å². The predicted octanol–water partition coefficient (Wildman–Crippen LogP) is 3.74. The molecule has 0 atom stereocenters. The number of rotatable bonds is 2. The first-order chi connectivity index (χ1) is 13.5. The van der Waals surface area contributed by atoms with Gasteiger partial charge in [-0.2, -0.15) is 0 Å². The largest absolute Gasteiger partial charge is 0.362 e. The maximum atomic E-state index is 12.6. The Morgan fingerprint density at radius 2 is 1.82 bits per heavy atom. The van der Waals surface area contributed by atoms with Crippen molar-refractivity contribution in [2.24, 2.45) is 0 Å². The van der Waals surface area contributed by atoms with Gasteiger partial charge in [-0.25, -0.2) is 4.79 Å². The quantitative estimate of drug-likeness (QED) is 0.745. The first-order valence-corrected chi connectivity index (χ1v) is 9.84. The van der Waals surface area contributed by atoms with Crippen LogP contribution in [0.1, 0.15) is 41.3 Å². The Hall–Kier alpha value is -3.02. The molecule has 0 bridgehead atoms. The second-order valence-corrected chi connectivity index (χ2v) is 7.68. The van der Waals surface area contributed by atoms with Crippen LogP contribution in [0.2, 0.25) is 0 Å². The van der Waals surface area contributed by atoms with Crippen molar-refractivity contribution in [1.82, 2.24) is 10.2 Å². The van der Waals surface area contributed by atoms with Crippen LogP contribution >= 0.6 is 0 Å². The van der Waals surface area contributed by atoms with Crippen LogP contribution in [-0.4, -0.2) is 35.6 Å². The summed E-state index contributed by atoms with van der Waals surface area (Å²) in [7, 11) is 0. The van der Waals surface area contributed by atoms with Gasteiger partial charge in [-0.3, -0.25) is 4.79 Å². The third kappa shape index (κ3) is 3.54. The van der Waals surface area contributed by atoms with Crippen molar-refractivity contribution in [3.63, 3.8) is 0 Å². The lowest BCUT2D eigenvalue weighted by Gasteiger charge is -2.45. The van der Waals surface area contributed by atoms with E-state index >= 15 is 0 Å². The molecule has 2 aromatic carbocycles. The number of fused-ring (bicyclic) bond motifs is 1. The van der Waals surface area contributed by atoms with Gasteiger partial charge in [0.1, 0.15) is 5.66 Å². The molecule has 28 heavy (non-hydrogen) atoms. The number of benzene rings is 2. The first kappa shape index (κ1) is 18.3. The number of aryl methyl sites for hydroxylation is 2. The van der Waals surface area contributed by atoms with Gasteiger partial charge in [-0.1, -0.05) is 30.7 Å². The van der Waals surface area contributed by atoms with Gasteiger partial charge >= 0.3 is 6.03 Å². The summed E-state index contributed by atoms with van der Waals surface area (Å²) >= 11 is 0. The molecule has 2 heterocycles. The number of piperidine rings is 1. The van der Waals surface area contributed by atoms with Crippen LogP contribution < -0.4 is 16.0 Å². The van der Waals surface area contributed by atoms with Crippen LogP contribution in [0.25, 0.3) is 0 Å². The molecule has 3 N–H and O–H groups in total. The Morgan fingerprint density at radius 3 is 2.50 bits per heavy atom. The highest BCUT2D eigenvalue weighted by Crippen LogP contribution is 2.32. The fourth-order valence-electron chi connectivity index (χ4n) is 3.90. The zero-order chi connectivity index (χ0) is 19.7. The minimum Gasteiger partial charge on any atom is -0.362 e. The van der Waals surface area contributed by atoms with Crippen LogP contribution in [0.4, 0.5) is 16.2 Å². The molecule has 6 heteroatoms. The Kier molecular flexibility index (Phi) is 4.71. The highest BCUT2D eigenvalue weighted by Gasteiger charge is 2.41. The van der Waals surface area contributed by atoms with E-state index in [0.717, 1.165) is 23.4 Å². The average molecular weight is 378 g/mol. The SMILES string of the molecule is CCc1ccc(NC(=O)N2CCC3(CC2)NC(=O)c2cc(C)ccc2N3)cc1. The number of likely N-dealkylation sites (tertiary alicyclic amines) is 1. The zero-order valence-corrected chi connectivity index (χ0v) is 16.3. The Labute approximate surface area is 165 Å². The molecule has 1 fully saturated rings. The summed E-state index contributed by atoms with van der Waals surface area (Å²) in [6.07, 6.45) is 2.30. The van der Waals surface area contributed by atoms with Crippen molar-refractivity contribution in [2.45, 2.75) is 38.8 Å². The van der Waals surface area contributed by atoms with E-state index in [0.29, 0.717) is 31.5 Å². The fraction of sp³-hybridized carbons (Fsp3) is 0.364. The van der Waals surface area contributed by atoms with Crippen LogP contribution in [0.15, 0.2) is 42.5 Å². The van der Waals surface area contributed by atoms with Crippen LogP contribution in [0.3, 0.4) is 0 Å². The van der Waals surface area contributed by atoms with E-state index in [4.69, 9.17) is 0 Å². The fourth-order valence-corrected chi connectivity index (χ4v) is 3.90. The van der Waals surface area contributed by atoms with E-state index in [2.05, 4.69) is 22.9 Å². The Morgan fingerprint density at radius 1 is 1.11 bits per heavy atom. The molecular formula is C22H26N4O2. The van der Waals surface area contributed by atoms with Crippen molar-refractivity contribution in [3.8, 4) is 0 Å². The number of hydrogen-bond donors (Lipinski definition) is 3. The molecule has 2 aliphatic heterocycles. The van der Waals surface area contributed by atoms with Gasteiger partial charge in [0.05, 0.1) is 5.56 Å². The summed E-state index contributed by atoms with van der Waals surface area (Å²) in [5.74, 6) is -0.0497. The second-order valence-electron chi connectivity index (χ2n) is 7.68. The Balaban J connectivity index is 1.39. The van der Waals surface area contributed by atoms with Crippen LogP contribution in [0, 0.1) is 6.92 Å². The van der Waals surface area contributed by atoms with E-state index in [9.17, 15) is 9.59 Å². The third-order valence-corrected chi connectivity index (χ3v) is 5.66. The number of anilines is 2. The van der Waals surface area contributed by atoms with Crippen molar-refractivity contribution in [1.29, 1.82) is 0 Å². The van der Waals surface area contributed by atoms with Crippen molar-refractivity contribution in [2.75, 3.05) is 23.7 Å². The minimum atomic E-state index is -0.487. The number of amides is 3. The number of nitrogens with one attached hydrogen (secondary N) is 3. The van der Waals surface area contributed by atoms with E-state index < -0.39 is 5.66 Å². The number of nitrogens with zero attached hydrogens (tertiary/aromatic N) is 1. The van der Waals surface area contributed by atoms with E-state index in [1.54, 1.807) is 4.90 Å². The Bertz CT molecular complexity index is 899. The van der Waals surface area contributed by atoms with Gasteiger partial charge in [0.15, 0.2) is 0 Å². The van der Waals surface area contributed by atoms with E-state index in [-0.39, 0.29) is 11.9 Å². The van der Waals surface area contributed by atoms with Crippen molar-refractivity contribution < 1.29 is 9.59 Å². The summed E-state index contributed by atoms with van der Waals surface area (Å²) in [6, 6.07) is 13.7. The number of carbonyl (C=O) groups excluding carboxylic acids is 2. The molecule has 6 nitrogen and oxygen atoms in total. The van der Waals surface area contributed by atoms with Crippen molar-refractivity contribution >= 4 is 23.3 Å². The van der Waals surface area contributed by atoms with Gasteiger partial charge in [0.2, 0.25) is 0 Å². The zero-order valence-electron chi connectivity index (χ0n) is 16.3. The average Bonchev–Trinajstić information content (AvgIpc) is 2.70. The molecule has 2 aromatic rings. The molecule has 0 saturated carbocycles. The van der Waals surface area contributed by atoms with Gasteiger partial charge in [0.25, 0.3) is 5.91 Å². The van der Waals surface area contributed by atoms with Crippen LogP contribution in [0.5, 0.6) is 0 Å². The summed E-state index contributed by atoms with van der Waals surface area (Å²) in [5, 5.41) is 9.59. The van der Waals surface area contributed by atoms with Gasteiger partial charge < -0.3 is 20.9 Å². The van der Waals surface area contributed by atoms with Crippen molar-refractivity contribution in [3.05, 3.63) is 59.2 Å². The number of urea groups is 1.